The van der Waals surface area contributed by atoms with Gasteiger partial charge in [0.05, 0.1) is 30.4 Å². The van der Waals surface area contributed by atoms with Crippen LogP contribution in [-0.4, -0.2) is 47.2 Å². The zero-order valence-electron chi connectivity index (χ0n) is 16.2. The fraction of sp³-hybridized carbons (Fsp3) is 0.421. The molecule has 2 aromatic rings. The van der Waals surface area contributed by atoms with Crippen LogP contribution in [-0.2, 0) is 14.3 Å². The van der Waals surface area contributed by atoms with Crippen molar-refractivity contribution in [2.24, 2.45) is 0 Å². The van der Waals surface area contributed by atoms with Gasteiger partial charge in [-0.2, -0.15) is 10.1 Å². The Bertz CT molecular complexity index is 894. The van der Waals surface area contributed by atoms with Crippen LogP contribution in [0, 0.1) is 0 Å². The largest absolute Gasteiger partial charge is 0.495 e. The molecule has 3 rings (SSSR count). The van der Waals surface area contributed by atoms with Crippen LogP contribution in [0.25, 0.3) is 0 Å². The maximum Gasteiger partial charge on any atom is 0.338 e. The molecule has 1 N–H and O–H groups in total. The van der Waals surface area contributed by atoms with E-state index in [1.54, 1.807) is 30.8 Å². The molecule has 1 aromatic heterocycles. The van der Waals surface area contributed by atoms with Crippen molar-refractivity contribution in [2.45, 2.75) is 32.9 Å². The number of anilines is 1. The van der Waals surface area contributed by atoms with Gasteiger partial charge < -0.3 is 19.5 Å². The highest BCUT2D eigenvalue weighted by atomic mass is 35.5. The molecule has 0 saturated heterocycles. The molecular weight excluding hydrogens is 384 g/mol. The normalized spacial score (nSPS) is 16.0. The Morgan fingerprint density at radius 2 is 2.14 bits per heavy atom. The smallest absolute Gasteiger partial charge is 0.338 e. The van der Waals surface area contributed by atoms with Gasteiger partial charge in [0, 0.05) is 5.70 Å². The summed E-state index contributed by atoms with van der Waals surface area (Å²) in [7, 11) is 1.55. The summed E-state index contributed by atoms with van der Waals surface area (Å²) in [4.78, 5) is 17.1. The van der Waals surface area contributed by atoms with E-state index in [0.717, 1.165) is 5.56 Å². The monoisotopic (exact) mass is 406 g/mol. The third-order valence-corrected chi connectivity index (χ3v) is 4.57. The maximum atomic E-state index is 12.9. The number of nitrogens with zero attached hydrogens (tertiary/aromatic N) is 3. The number of fused-ring (bicyclic) bond motifs is 1. The minimum atomic E-state index is -0.527. The molecule has 0 fully saturated rings. The number of rotatable bonds is 7. The molecule has 0 aliphatic carbocycles. The third kappa shape index (κ3) is 4.13. The standard InChI is InChI=1S/C19H23ClN4O4/c1-11(2)27-7-8-28-18(25)16-12(3)23-19-21-10-22-24(19)17(16)13-5-6-15(26-4)14(20)9-13/h5-6,9-11,17H,7-8H2,1-4H3,(H,21,22,23)/t17-/m1/s1. The van der Waals surface area contributed by atoms with E-state index in [2.05, 4.69) is 15.4 Å². The summed E-state index contributed by atoms with van der Waals surface area (Å²) in [6, 6.07) is 4.82. The number of halogens is 1. The first-order chi connectivity index (χ1) is 13.4. The quantitative estimate of drug-likeness (QED) is 0.558. The summed E-state index contributed by atoms with van der Waals surface area (Å²) in [6.45, 7) is 6.15. The lowest BCUT2D eigenvalue weighted by molar-refractivity contribution is -0.141. The number of esters is 1. The van der Waals surface area contributed by atoms with Crippen LogP contribution in [0.15, 0.2) is 35.8 Å². The second-order valence-electron chi connectivity index (χ2n) is 6.54. The van der Waals surface area contributed by atoms with Crippen LogP contribution >= 0.6 is 11.6 Å². The lowest BCUT2D eigenvalue weighted by Gasteiger charge is -2.28. The number of hydrogen-bond acceptors (Lipinski definition) is 7. The number of aromatic nitrogens is 3. The summed E-state index contributed by atoms with van der Waals surface area (Å²) in [5.41, 5.74) is 1.85. The highest BCUT2D eigenvalue weighted by molar-refractivity contribution is 6.32. The number of benzene rings is 1. The van der Waals surface area contributed by atoms with E-state index >= 15 is 0 Å². The zero-order valence-corrected chi connectivity index (χ0v) is 17.0. The summed E-state index contributed by atoms with van der Waals surface area (Å²) in [5.74, 6) is 0.637. The molecule has 0 bridgehead atoms. The SMILES string of the molecule is COc1ccc([C@@H]2C(C(=O)OCCOC(C)C)=C(C)Nc3ncnn32)cc1Cl. The van der Waals surface area contributed by atoms with Crippen molar-refractivity contribution in [2.75, 3.05) is 25.6 Å². The zero-order chi connectivity index (χ0) is 20.3. The molecule has 0 saturated carbocycles. The van der Waals surface area contributed by atoms with Crippen molar-refractivity contribution < 1.29 is 19.0 Å². The highest BCUT2D eigenvalue weighted by Gasteiger charge is 2.34. The Labute approximate surface area is 168 Å². The Morgan fingerprint density at radius 1 is 1.36 bits per heavy atom. The Morgan fingerprint density at radius 3 is 2.82 bits per heavy atom. The predicted octanol–water partition coefficient (Wildman–Crippen LogP) is 3.20. The molecule has 28 heavy (non-hydrogen) atoms. The fourth-order valence-corrected chi connectivity index (χ4v) is 3.28. The predicted molar refractivity (Wildman–Crippen MR) is 105 cm³/mol. The molecule has 0 spiro atoms. The average Bonchev–Trinajstić information content (AvgIpc) is 3.11. The van der Waals surface area contributed by atoms with Gasteiger partial charge in [-0.05, 0) is 38.5 Å². The van der Waals surface area contributed by atoms with Crippen molar-refractivity contribution in [3.8, 4) is 5.75 Å². The van der Waals surface area contributed by atoms with Gasteiger partial charge in [0.2, 0.25) is 5.95 Å². The maximum absolute atomic E-state index is 12.9. The number of ether oxygens (including phenoxy) is 3. The number of hydrogen-bond donors (Lipinski definition) is 1. The first kappa shape index (κ1) is 20.2. The van der Waals surface area contributed by atoms with E-state index in [0.29, 0.717) is 34.6 Å². The van der Waals surface area contributed by atoms with Gasteiger partial charge in [0.15, 0.2) is 0 Å². The van der Waals surface area contributed by atoms with Crippen LogP contribution in [0.4, 0.5) is 5.95 Å². The summed E-state index contributed by atoms with van der Waals surface area (Å²) in [5, 5.41) is 7.81. The lowest BCUT2D eigenvalue weighted by atomic mass is 9.95. The van der Waals surface area contributed by atoms with Gasteiger partial charge in [-0.1, -0.05) is 17.7 Å². The molecule has 0 amide bonds. The van der Waals surface area contributed by atoms with Crippen molar-refractivity contribution >= 4 is 23.5 Å². The Balaban J connectivity index is 1.92. The van der Waals surface area contributed by atoms with Crippen LogP contribution in [0.2, 0.25) is 5.02 Å². The second kappa shape index (κ2) is 8.62. The number of methoxy groups -OCH3 is 1. The van der Waals surface area contributed by atoms with Crippen molar-refractivity contribution in [3.63, 3.8) is 0 Å². The van der Waals surface area contributed by atoms with E-state index in [1.165, 1.54) is 6.33 Å². The first-order valence-corrected chi connectivity index (χ1v) is 9.29. The van der Waals surface area contributed by atoms with Gasteiger partial charge in [-0.25, -0.2) is 9.48 Å². The van der Waals surface area contributed by atoms with Crippen LogP contribution in [0.1, 0.15) is 32.4 Å². The van der Waals surface area contributed by atoms with Crippen LogP contribution in [0.3, 0.4) is 0 Å². The van der Waals surface area contributed by atoms with Gasteiger partial charge in [-0.15, -0.1) is 0 Å². The van der Waals surface area contributed by atoms with E-state index in [-0.39, 0.29) is 12.7 Å². The number of carbonyl (C=O) groups is 1. The summed E-state index contributed by atoms with van der Waals surface area (Å²) in [6.07, 6.45) is 1.50. The van der Waals surface area contributed by atoms with Crippen LogP contribution in [0.5, 0.6) is 5.75 Å². The molecule has 1 atom stereocenters. The van der Waals surface area contributed by atoms with Gasteiger partial charge in [-0.3, -0.25) is 0 Å². The molecule has 2 heterocycles. The Hall–Kier alpha value is -2.58. The van der Waals surface area contributed by atoms with E-state index in [9.17, 15) is 4.79 Å². The second-order valence-corrected chi connectivity index (χ2v) is 6.95. The molecule has 1 aromatic carbocycles. The minimum Gasteiger partial charge on any atom is -0.495 e. The van der Waals surface area contributed by atoms with E-state index in [1.807, 2.05) is 19.9 Å². The van der Waals surface area contributed by atoms with E-state index in [4.69, 9.17) is 25.8 Å². The van der Waals surface area contributed by atoms with Crippen molar-refractivity contribution in [1.29, 1.82) is 0 Å². The molecule has 9 heteroatoms. The number of nitrogens with one attached hydrogen (secondary N) is 1. The third-order valence-electron chi connectivity index (χ3n) is 4.27. The van der Waals surface area contributed by atoms with Crippen molar-refractivity contribution in [3.05, 3.63) is 46.4 Å². The van der Waals surface area contributed by atoms with Gasteiger partial charge in [0.1, 0.15) is 24.7 Å². The average molecular weight is 407 g/mol. The molecule has 150 valence electrons. The highest BCUT2D eigenvalue weighted by Crippen LogP contribution is 2.37. The summed E-state index contributed by atoms with van der Waals surface area (Å²) < 4.78 is 17.7. The lowest BCUT2D eigenvalue weighted by Crippen LogP contribution is -2.30. The minimum absolute atomic E-state index is 0.0721. The fourth-order valence-electron chi connectivity index (χ4n) is 3.01. The van der Waals surface area contributed by atoms with Gasteiger partial charge >= 0.3 is 5.97 Å². The van der Waals surface area contributed by atoms with E-state index < -0.39 is 12.0 Å². The Kier molecular flexibility index (Phi) is 6.21. The molecule has 1 aliphatic heterocycles. The molecular formula is C19H23ClN4O4. The summed E-state index contributed by atoms with van der Waals surface area (Å²) >= 11 is 6.31. The molecule has 8 nitrogen and oxygen atoms in total. The molecule has 0 unspecified atom stereocenters. The number of allylic oxidation sites excluding steroid dienone is 1. The topological polar surface area (TPSA) is 87.5 Å². The van der Waals surface area contributed by atoms with Crippen molar-refractivity contribution in [1.82, 2.24) is 14.8 Å². The molecule has 0 radical (unpaired) electrons. The molecule has 1 aliphatic rings. The van der Waals surface area contributed by atoms with Gasteiger partial charge in [0.25, 0.3) is 0 Å². The first-order valence-electron chi connectivity index (χ1n) is 8.91. The van der Waals surface area contributed by atoms with Crippen LogP contribution < -0.4 is 10.1 Å². The number of carbonyl (C=O) groups excluding carboxylic acids is 1.